The van der Waals surface area contributed by atoms with Crippen LogP contribution < -0.4 is 20.4 Å². The van der Waals surface area contributed by atoms with E-state index in [9.17, 15) is 22.5 Å². The Kier molecular flexibility index (Phi) is 8.47. The minimum Gasteiger partial charge on any atom is -0.593 e. The van der Waals surface area contributed by atoms with Gasteiger partial charge >= 0.3 is 6.18 Å². The Balaban J connectivity index is 1.69. The van der Waals surface area contributed by atoms with Gasteiger partial charge in [0.05, 0.1) is 35.3 Å². The quantitative estimate of drug-likeness (QED) is 0.235. The van der Waals surface area contributed by atoms with Crippen LogP contribution in [0.4, 0.5) is 41.9 Å². The van der Waals surface area contributed by atoms with E-state index in [0.717, 1.165) is 24.1 Å². The molecule has 2 heterocycles. The Labute approximate surface area is 226 Å². The summed E-state index contributed by atoms with van der Waals surface area (Å²) in [5.74, 6) is 0.842. The number of carbonyl (C=O) groups is 1. The lowest BCUT2D eigenvalue weighted by Crippen LogP contribution is -2.30. The Hall–Kier alpha value is -3.62. The first-order valence-electron chi connectivity index (χ1n) is 12.0. The fourth-order valence-electron chi connectivity index (χ4n) is 3.83. The maximum absolute atomic E-state index is 12.8. The number of hydroxylamine groups is 1. The fraction of sp³-hybridized carbons (Fsp3) is 0.360. The molecule has 0 aliphatic heterocycles. The topological polar surface area (TPSA) is 127 Å². The van der Waals surface area contributed by atoms with Crippen molar-refractivity contribution in [2.24, 2.45) is 0 Å². The number of aryl methyl sites for hydroxylation is 2. The molecule has 3 N–H and O–H groups in total. The molecule has 0 spiro atoms. The summed E-state index contributed by atoms with van der Waals surface area (Å²) in [6.07, 6.45) is 0.290. The Morgan fingerprint density at radius 3 is 2.51 bits per heavy atom. The van der Waals surface area contributed by atoms with Crippen molar-refractivity contribution in [2.75, 3.05) is 34.8 Å². The van der Waals surface area contributed by atoms with E-state index in [1.165, 1.54) is 12.3 Å². The van der Waals surface area contributed by atoms with Gasteiger partial charge in [-0.15, -0.1) is 0 Å². The van der Waals surface area contributed by atoms with Crippen LogP contribution in [0.2, 0.25) is 0 Å². The Morgan fingerprint density at radius 2 is 1.87 bits per heavy atom. The molecule has 1 atom stereocenters. The number of pyridine rings is 1. The van der Waals surface area contributed by atoms with Gasteiger partial charge in [-0.1, -0.05) is 6.07 Å². The molecule has 10 nitrogen and oxygen atoms in total. The van der Waals surface area contributed by atoms with Gasteiger partial charge in [-0.05, 0) is 50.3 Å². The second-order valence-corrected chi connectivity index (χ2v) is 10.5. The van der Waals surface area contributed by atoms with Gasteiger partial charge in [0.25, 0.3) is 5.91 Å². The summed E-state index contributed by atoms with van der Waals surface area (Å²) in [5, 5.41) is 6.23. The largest absolute Gasteiger partial charge is 0.593 e. The molecule has 3 aromatic rings. The zero-order valence-corrected chi connectivity index (χ0v) is 22.5. The van der Waals surface area contributed by atoms with Gasteiger partial charge in [0.1, 0.15) is 29.4 Å². The molecule has 1 unspecified atom stereocenters. The molecule has 39 heavy (non-hydrogen) atoms. The predicted molar refractivity (Wildman–Crippen MR) is 143 cm³/mol. The highest BCUT2D eigenvalue weighted by Gasteiger charge is 2.29. The summed E-state index contributed by atoms with van der Waals surface area (Å²) in [6, 6.07) is 8.95. The monoisotopic (exact) mass is 563 g/mol. The number of alkyl halides is 3. The number of amides is 1. The van der Waals surface area contributed by atoms with Gasteiger partial charge in [-0.25, -0.2) is 20.4 Å². The van der Waals surface area contributed by atoms with Crippen LogP contribution in [0.1, 0.15) is 46.2 Å². The first kappa shape index (κ1) is 28.4. The highest BCUT2D eigenvalue weighted by molar-refractivity contribution is 7.92. The second kappa shape index (κ2) is 11.6. The zero-order valence-electron chi connectivity index (χ0n) is 21.7. The van der Waals surface area contributed by atoms with E-state index in [1.54, 1.807) is 30.6 Å². The maximum atomic E-state index is 12.8. The number of anilines is 5. The van der Waals surface area contributed by atoms with Crippen LogP contribution in [-0.2, 0) is 16.2 Å². The van der Waals surface area contributed by atoms with E-state index in [0.29, 0.717) is 34.8 Å². The number of nitrogens with zero attached hydrogens (tertiary/aromatic N) is 4. The molecule has 1 aliphatic rings. The van der Waals surface area contributed by atoms with Gasteiger partial charge < -0.3 is 15.2 Å². The van der Waals surface area contributed by atoms with Gasteiger partial charge in [0.2, 0.25) is 0 Å². The molecular formula is C25H28F3N7O3S. The van der Waals surface area contributed by atoms with Crippen molar-refractivity contribution < 1.29 is 27.4 Å². The lowest BCUT2D eigenvalue weighted by Gasteiger charge is -2.23. The van der Waals surface area contributed by atoms with Crippen LogP contribution in [0.3, 0.4) is 0 Å². The number of hydrogen-bond acceptors (Lipinski definition) is 9. The molecule has 0 radical (unpaired) electrons. The Bertz CT molecular complexity index is 1330. The maximum Gasteiger partial charge on any atom is 0.414 e. The van der Waals surface area contributed by atoms with E-state index >= 15 is 0 Å². The molecule has 1 aromatic carbocycles. The van der Waals surface area contributed by atoms with Crippen LogP contribution in [0.15, 0.2) is 36.5 Å². The minimum absolute atomic E-state index is 0.0738. The van der Waals surface area contributed by atoms with Crippen molar-refractivity contribution in [1.29, 1.82) is 0 Å². The first-order chi connectivity index (χ1) is 18.4. The fourth-order valence-corrected chi connectivity index (χ4v) is 4.26. The predicted octanol–water partition coefficient (Wildman–Crippen LogP) is 4.81. The molecule has 1 aliphatic carbocycles. The molecule has 1 amide bonds. The lowest BCUT2D eigenvalue weighted by molar-refractivity contribution is -0.184. The van der Waals surface area contributed by atoms with E-state index in [4.69, 9.17) is 0 Å². The van der Waals surface area contributed by atoms with Crippen molar-refractivity contribution in [3.63, 3.8) is 0 Å². The van der Waals surface area contributed by atoms with Crippen molar-refractivity contribution in [3.8, 4) is 0 Å². The second-order valence-electron chi connectivity index (χ2n) is 9.11. The number of halogens is 3. The SMILES string of the molecule is Cc1cc(Nc2cc(Nc3ccc(C4CC4)cc3N(C)[S+](C)[O-])c(C(=O)NOCC(F)(F)F)cn2)nc(C)n1. The summed E-state index contributed by atoms with van der Waals surface area (Å²) < 4.78 is 51.5. The number of benzene rings is 1. The standard InChI is InChI=1S/C25H28F3N7O3S/c1-14-9-23(31-15(2)30-14)33-22-11-20(18(12-29-22)24(36)34-38-13-25(26,27)28)32-19-8-7-17(16-5-6-16)10-21(19)35(3)39(4)37/h7-12,16H,5-6,13H2,1-4H3,(H,34,36)(H2,29,30,31,32,33). The minimum atomic E-state index is -4.62. The third kappa shape index (κ3) is 7.71. The first-order valence-corrected chi connectivity index (χ1v) is 13.5. The molecule has 0 bridgehead atoms. The summed E-state index contributed by atoms with van der Waals surface area (Å²) in [7, 11) is 1.69. The molecule has 0 saturated heterocycles. The van der Waals surface area contributed by atoms with Crippen molar-refractivity contribution in [1.82, 2.24) is 20.4 Å². The molecule has 14 heteroatoms. The summed E-state index contributed by atoms with van der Waals surface area (Å²) >= 11 is -1.34. The summed E-state index contributed by atoms with van der Waals surface area (Å²) in [4.78, 5) is 29.9. The van der Waals surface area contributed by atoms with Gasteiger partial charge in [0.15, 0.2) is 6.61 Å². The molecule has 1 fully saturated rings. The van der Waals surface area contributed by atoms with Gasteiger partial charge in [0, 0.05) is 24.0 Å². The van der Waals surface area contributed by atoms with Crippen molar-refractivity contribution in [2.45, 2.75) is 38.8 Å². The average molecular weight is 564 g/mol. The van der Waals surface area contributed by atoms with Gasteiger partial charge in [-0.3, -0.25) is 9.63 Å². The van der Waals surface area contributed by atoms with E-state index < -0.39 is 30.1 Å². The Morgan fingerprint density at radius 1 is 1.13 bits per heavy atom. The molecule has 1 saturated carbocycles. The van der Waals surface area contributed by atoms with Crippen molar-refractivity contribution in [3.05, 3.63) is 59.2 Å². The molecular weight excluding hydrogens is 535 g/mol. The number of nitrogens with one attached hydrogen (secondary N) is 3. The van der Waals surface area contributed by atoms with Crippen LogP contribution >= 0.6 is 0 Å². The number of carbonyl (C=O) groups excluding carboxylic acids is 1. The van der Waals surface area contributed by atoms with Crippen LogP contribution in [-0.4, -0.2) is 51.5 Å². The number of rotatable bonds is 10. The van der Waals surface area contributed by atoms with Gasteiger partial charge in [-0.2, -0.15) is 17.5 Å². The van der Waals surface area contributed by atoms with Crippen LogP contribution in [0.25, 0.3) is 0 Å². The highest BCUT2D eigenvalue weighted by atomic mass is 32.2. The zero-order chi connectivity index (χ0) is 28.3. The average Bonchev–Trinajstić information content (AvgIpc) is 3.68. The normalized spacial score (nSPS) is 14.1. The van der Waals surface area contributed by atoms with Crippen molar-refractivity contribution >= 4 is 46.0 Å². The van der Waals surface area contributed by atoms with E-state index in [1.807, 2.05) is 30.6 Å². The smallest absolute Gasteiger partial charge is 0.414 e. The third-order valence-corrected chi connectivity index (χ3v) is 6.80. The molecule has 208 valence electrons. The number of aromatic nitrogens is 3. The lowest BCUT2D eigenvalue weighted by atomic mass is 10.1. The van der Waals surface area contributed by atoms with E-state index in [2.05, 4.69) is 30.4 Å². The third-order valence-electron chi connectivity index (χ3n) is 5.84. The van der Waals surface area contributed by atoms with Crippen LogP contribution in [0, 0.1) is 13.8 Å². The van der Waals surface area contributed by atoms with Crippen LogP contribution in [0.5, 0.6) is 0 Å². The molecule has 4 rings (SSSR count). The summed E-state index contributed by atoms with van der Waals surface area (Å²) in [5.41, 5.74) is 4.97. The highest BCUT2D eigenvalue weighted by Crippen LogP contribution is 2.43. The number of hydrogen-bond donors (Lipinski definition) is 3. The summed E-state index contributed by atoms with van der Waals surface area (Å²) in [6.45, 7) is 1.91. The van der Waals surface area contributed by atoms with E-state index in [-0.39, 0.29) is 11.3 Å². The molecule has 2 aromatic heterocycles.